The summed E-state index contributed by atoms with van der Waals surface area (Å²) in [5.41, 5.74) is 2.36. The fourth-order valence-electron chi connectivity index (χ4n) is 2.63. The molecule has 0 saturated heterocycles. The molecule has 0 atom stereocenters. The van der Waals surface area contributed by atoms with E-state index in [9.17, 15) is 9.59 Å². The number of hydrogen-bond donors (Lipinski definition) is 0. The fourth-order valence-corrected chi connectivity index (χ4v) is 2.63. The van der Waals surface area contributed by atoms with Crippen LogP contribution in [0.4, 0.5) is 5.69 Å². The van der Waals surface area contributed by atoms with Gasteiger partial charge in [0.1, 0.15) is 5.52 Å². The van der Waals surface area contributed by atoms with E-state index in [1.165, 1.54) is 0 Å². The van der Waals surface area contributed by atoms with E-state index in [1.54, 1.807) is 49.4 Å². The molecule has 0 aliphatic carbocycles. The van der Waals surface area contributed by atoms with Crippen LogP contribution in [0.5, 0.6) is 0 Å². The maximum absolute atomic E-state index is 12.5. The van der Waals surface area contributed by atoms with Crippen molar-refractivity contribution in [2.45, 2.75) is 6.92 Å². The molecule has 5 nitrogen and oxygen atoms in total. The highest BCUT2D eigenvalue weighted by Gasteiger charge is 2.37. The van der Waals surface area contributed by atoms with Crippen molar-refractivity contribution < 1.29 is 14.0 Å². The maximum atomic E-state index is 12.5. The second-order valence-electron chi connectivity index (χ2n) is 4.85. The highest BCUT2D eigenvalue weighted by atomic mass is 16.3. The SMILES string of the molecule is Cc1nc2c(N3C(=O)c4ccccc4C3=O)cccc2o1. The molecular weight excluding hydrogens is 268 g/mol. The smallest absolute Gasteiger partial charge is 0.266 e. The molecule has 0 N–H and O–H groups in total. The quantitative estimate of drug-likeness (QED) is 0.642. The van der Waals surface area contributed by atoms with Crippen molar-refractivity contribution in [3.8, 4) is 0 Å². The van der Waals surface area contributed by atoms with Crippen molar-refractivity contribution in [1.82, 2.24) is 4.98 Å². The number of anilines is 1. The molecule has 0 bridgehead atoms. The normalized spacial score (nSPS) is 14.0. The summed E-state index contributed by atoms with van der Waals surface area (Å²) in [7, 11) is 0. The number of fused-ring (bicyclic) bond motifs is 2. The van der Waals surface area contributed by atoms with Crippen LogP contribution >= 0.6 is 0 Å². The maximum Gasteiger partial charge on any atom is 0.266 e. The third kappa shape index (κ3) is 1.54. The van der Waals surface area contributed by atoms with Gasteiger partial charge in [-0.1, -0.05) is 18.2 Å². The number of nitrogens with zero attached hydrogens (tertiary/aromatic N) is 2. The predicted molar refractivity (Wildman–Crippen MR) is 76.3 cm³/mol. The molecule has 1 aliphatic rings. The number of amides is 2. The van der Waals surface area contributed by atoms with Crippen LogP contribution in [0.3, 0.4) is 0 Å². The van der Waals surface area contributed by atoms with E-state index in [-0.39, 0.29) is 11.8 Å². The molecular formula is C16H10N2O3. The number of imide groups is 1. The van der Waals surface area contributed by atoms with E-state index < -0.39 is 0 Å². The Balaban J connectivity index is 1.95. The minimum Gasteiger partial charge on any atom is -0.441 e. The Morgan fingerprint density at radius 3 is 2.29 bits per heavy atom. The Hall–Kier alpha value is -2.95. The molecule has 21 heavy (non-hydrogen) atoms. The lowest BCUT2D eigenvalue weighted by Gasteiger charge is -2.13. The number of hydrogen-bond acceptors (Lipinski definition) is 4. The molecule has 4 rings (SSSR count). The minimum absolute atomic E-state index is 0.330. The third-order valence-electron chi connectivity index (χ3n) is 3.54. The molecule has 2 aromatic carbocycles. The van der Waals surface area contributed by atoms with Crippen molar-refractivity contribution in [2.75, 3.05) is 4.90 Å². The van der Waals surface area contributed by atoms with Crippen molar-refractivity contribution in [3.63, 3.8) is 0 Å². The molecule has 1 aliphatic heterocycles. The van der Waals surface area contributed by atoms with Crippen molar-refractivity contribution in [1.29, 1.82) is 0 Å². The topological polar surface area (TPSA) is 63.4 Å². The Bertz CT molecular complexity index is 876. The lowest BCUT2D eigenvalue weighted by molar-refractivity contribution is 0.0926. The van der Waals surface area contributed by atoms with Gasteiger partial charge in [-0.15, -0.1) is 0 Å². The monoisotopic (exact) mass is 278 g/mol. The summed E-state index contributed by atoms with van der Waals surface area (Å²) in [6, 6.07) is 12.0. The molecule has 3 aromatic rings. The van der Waals surface area contributed by atoms with Crippen LogP contribution < -0.4 is 4.90 Å². The first kappa shape index (κ1) is 11.8. The Labute approximate surface area is 119 Å². The number of aromatic nitrogens is 1. The van der Waals surface area contributed by atoms with Gasteiger partial charge >= 0.3 is 0 Å². The summed E-state index contributed by atoms with van der Waals surface area (Å²) in [4.78, 5) is 30.4. The van der Waals surface area contributed by atoms with Crippen molar-refractivity contribution >= 4 is 28.6 Å². The van der Waals surface area contributed by atoms with Gasteiger partial charge in [0.25, 0.3) is 11.8 Å². The molecule has 2 heterocycles. The Morgan fingerprint density at radius 2 is 1.62 bits per heavy atom. The Morgan fingerprint density at radius 1 is 0.952 bits per heavy atom. The van der Waals surface area contributed by atoms with Gasteiger partial charge < -0.3 is 4.42 Å². The number of carbonyl (C=O) groups is 2. The van der Waals surface area contributed by atoms with Gasteiger partial charge in [0, 0.05) is 6.92 Å². The largest absolute Gasteiger partial charge is 0.441 e. The standard InChI is InChI=1S/C16H10N2O3/c1-9-17-14-12(7-4-8-13(14)21-9)18-15(19)10-5-2-3-6-11(10)16(18)20/h2-8H,1H3. The number of oxazole rings is 1. The van der Waals surface area contributed by atoms with Crippen molar-refractivity contribution in [2.24, 2.45) is 0 Å². The van der Waals surface area contributed by atoms with Gasteiger partial charge in [0.05, 0.1) is 16.8 Å². The first-order valence-electron chi connectivity index (χ1n) is 6.51. The molecule has 0 saturated carbocycles. The highest BCUT2D eigenvalue weighted by molar-refractivity contribution is 6.35. The molecule has 0 fully saturated rings. The fraction of sp³-hybridized carbons (Fsp3) is 0.0625. The van der Waals surface area contributed by atoms with Gasteiger partial charge in [0.15, 0.2) is 11.5 Å². The zero-order chi connectivity index (χ0) is 14.6. The van der Waals surface area contributed by atoms with Gasteiger partial charge in [-0.25, -0.2) is 9.88 Å². The second-order valence-corrected chi connectivity index (χ2v) is 4.85. The van der Waals surface area contributed by atoms with Crippen LogP contribution in [0.2, 0.25) is 0 Å². The lowest BCUT2D eigenvalue weighted by Crippen LogP contribution is -2.29. The second kappa shape index (κ2) is 4.02. The molecule has 0 spiro atoms. The molecule has 0 unspecified atom stereocenters. The summed E-state index contributed by atoms with van der Waals surface area (Å²) in [6.07, 6.45) is 0. The number of benzene rings is 2. The molecule has 0 radical (unpaired) electrons. The molecule has 102 valence electrons. The van der Waals surface area contributed by atoms with Gasteiger partial charge in [-0.2, -0.15) is 0 Å². The number of rotatable bonds is 1. The molecule has 2 amide bonds. The average molecular weight is 278 g/mol. The summed E-state index contributed by atoms with van der Waals surface area (Å²) in [5, 5.41) is 0. The third-order valence-corrected chi connectivity index (χ3v) is 3.54. The number of carbonyl (C=O) groups excluding carboxylic acids is 2. The van der Waals surface area contributed by atoms with E-state index in [4.69, 9.17) is 4.42 Å². The molecule has 1 aromatic heterocycles. The summed E-state index contributed by atoms with van der Waals surface area (Å²) in [6.45, 7) is 1.73. The predicted octanol–water partition coefficient (Wildman–Crippen LogP) is 2.94. The van der Waals surface area contributed by atoms with E-state index in [0.29, 0.717) is 33.8 Å². The Kier molecular flexibility index (Phi) is 2.27. The highest BCUT2D eigenvalue weighted by Crippen LogP contribution is 2.33. The van der Waals surface area contributed by atoms with Crippen LogP contribution in [0.25, 0.3) is 11.1 Å². The number of para-hydroxylation sites is 1. The first-order valence-corrected chi connectivity index (χ1v) is 6.51. The average Bonchev–Trinajstić information content (AvgIpc) is 2.98. The van der Waals surface area contributed by atoms with E-state index in [2.05, 4.69) is 4.98 Å². The van der Waals surface area contributed by atoms with Crippen LogP contribution in [0.1, 0.15) is 26.6 Å². The summed E-state index contributed by atoms with van der Waals surface area (Å²) in [5.74, 6) is -0.165. The molecule has 5 heteroatoms. The lowest BCUT2D eigenvalue weighted by atomic mass is 10.1. The zero-order valence-corrected chi connectivity index (χ0v) is 11.2. The van der Waals surface area contributed by atoms with Crippen LogP contribution in [0.15, 0.2) is 46.9 Å². The van der Waals surface area contributed by atoms with Crippen LogP contribution in [-0.4, -0.2) is 16.8 Å². The summed E-state index contributed by atoms with van der Waals surface area (Å²) >= 11 is 0. The van der Waals surface area contributed by atoms with E-state index in [0.717, 1.165) is 4.90 Å². The number of aryl methyl sites for hydroxylation is 1. The summed E-state index contributed by atoms with van der Waals surface area (Å²) < 4.78 is 5.46. The van der Waals surface area contributed by atoms with E-state index >= 15 is 0 Å². The van der Waals surface area contributed by atoms with Crippen LogP contribution in [-0.2, 0) is 0 Å². The van der Waals surface area contributed by atoms with Gasteiger partial charge in [0.2, 0.25) is 0 Å². The van der Waals surface area contributed by atoms with Crippen LogP contribution in [0, 0.1) is 6.92 Å². The zero-order valence-electron chi connectivity index (χ0n) is 11.2. The van der Waals surface area contributed by atoms with Gasteiger partial charge in [-0.05, 0) is 24.3 Å². The van der Waals surface area contributed by atoms with Crippen molar-refractivity contribution in [3.05, 3.63) is 59.5 Å². The van der Waals surface area contributed by atoms with Gasteiger partial charge in [-0.3, -0.25) is 9.59 Å². The first-order chi connectivity index (χ1) is 10.2. The minimum atomic E-state index is -0.330. The van der Waals surface area contributed by atoms with E-state index in [1.807, 2.05) is 0 Å².